The number of halogens is 1. The molecule has 8 atom stereocenters. The lowest BCUT2D eigenvalue weighted by molar-refractivity contribution is -0.182. The number of hydrogen-bond donors (Lipinski definition) is 3. The summed E-state index contributed by atoms with van der Waals surface area (Å²) in [5.41, 5.74) is 1.02. The number of aliphatic hydroxyl groups excluding tert-OH is 1. The molecule has 1 heterocycles. The maximum atomic E-state index is 14.1. The Bertz CT molecular complexity index is 1060. The number of benzene rings is 1. The first kappa shape index (κ1) is 31.2. The molecule has 2 unspecified atom stereocenters. The molecule has 3 saturated carbocycles. The van der Waals surface area contributed by atoms with Gasteiger partial charge in [0.05, 0.1) is 22.8 Å². The minimum Gasteiger partial charge on any atom is -0.507 e. The molecular formula is C30H49IN2O5Si. The molecule has 0 aromatic heterocycles. The second-order valence-electron chi connectivity index (χ2n) is 14.4. The highest BCUT2D eigenvalue weighted by molar-refractivity contribution is 14.1. The van der Waals surface area contributed by atoms with Gasteiger partial charge in [0.15, 0.2) is 8.32 Å². The van der Waals surface area contributed by atoms with Crippen LogP contribution in [0.5, 0.6) is 5.75 Å². The zero-order valence-corrected chi connectivity index (χ0v) is 28.3. The van der Waals surface area contributed by atoms with Crippen LogP contribution < -0.4 is 5.32 Å². The number of hydroxylamine groups is 2. The number of amides is 1. The predicted molar refractivity (Wildman–Crippen MR) is 164 cm³/mol. The molecule has 1 amide bonds. The van der Waals surface area contributed by atoms with Crippen LogP contribution in [0, 0.1) is 32.7 Å². The second-order valence-corrected chi connectivity index (χ2v) is 20.3. The maximum absolute atomic E-state index is 14.1. The SMILES string of the molecule is C[C@H](O)[C@@H]1[C@H](CO[Si](C)(C)C(C)(C)C)ON(Cc2cccc(I)c2O)[C@@H]1C(=O)NC1CC2C[C@H]([C@@H]1C)C2(C)C. The van der Waals surface area contributed by atoms with E-state index >= 15 is 0 Å². The molecule has 4 fully saturated rings. The zero-order chi connectivity index (χ0) is 29.1. The van der Waals surface area contributed by atoms with Gasteiger partial charge < -0.3 is 20.0 Å². The first-order valence-corrected chi connectivity index (χ1v) is 18.5. The van der Waals surface area contributed by atoms with Gasteiger partial charge >= 0.3 is 0 Å². The number of hydrogen-bond acceptors (Lipinski definition) is 6. The van der Waals surface area contributed by atoms with Crippen molar-refractivity contribution in [2.45, 2.75) is 110 Å². The highest BCUT2D eigenvalue weighted by Gasteiger charge is 2.57. The van der Waals surface area contributed by atoms with Crippen LogP contribution in [-0.2, 0) is 20.6 Å². The van der Waals surface area contributed by atoms with Gasteiger partial charge in [-0.05, 0) is 89.7 Å². The second kappa shape index (κ2) is 11.2. The number of para-hydroxylation sites is 1. The van der Waals surface area contributed by atoms with Gasteiger partial charge in [0, 0.05) is 17.5 Å². The maximum Gasteiger partial charge on any atom is 0.240 e. The lowest BCUT2D eigenvalue weighted by Gasteiger charge is -2.62. The van der Waals surface area contributed by atoms with Crippen LogP contribution in [0.2, 0.25) is 18.1 Å². The number of rotatable bonds is 8. The first-order chi connectivity index (χ1) is 18.0. The van der Waals surface area contributed by atoms with Crippen LogP contribution in [0.4, 0.5) is 0 Å². The van der Waals surface area contributed by atoms with Crippen LogP contribution >= 0.6 is 22.6 Å². The molecule has 220 valence electrons. The van der Waals surface area contributed by atoms with Crippen molar-refractivity contribution in [2.24, 2.45) is 29.1 Å². The van der Waals surface area contributed by atoms with Gasteiger partial charge in [0.25, 0.3) is 0 Å². The fourth-order valence-corrected chi connectivity index (χ4v) is 8.40. The molecule has 39 heavy (non-hydrogen) atoms. The Morgan fingerprint density at radius 3 is 2.54 bits per heavy atom. The quantitative estimate of drug-likeness (QED) is 0.243. The molecule has 1 saturated heterocycles. The molecule has 5 rings (SSSR count). The van der Waals surface area contributed by atoms with E-state index in [0.717, 1.165) is 9.99 Å². The summed E-state index contributed by atoms with van der Waals surface area (Å²) < 4.78 is 7.27. The topological polar surface area (TPSA) is 91.3 Å². The Kier molecular flexibility index (Phi) is 8.94. The zero-order valence-electron chi connectivity index (χ0n) is 25.1. The van der Waals surface area contributed by atoms with Crippen LogP contribution in [0.1, 0.15) is 66.9 Å². The van der Waals surface area contributed by atoms with Crippen LogP contribution in [0.15, 0.2) is 18.2 Å². The predicted octanol–water partition coefficient (Wildman–Crippen LogP) is 5.69. The third kappa shape index (κ3) is 5.95. The lowest BCUT2D eigenvalue weighted by atomic mass is 9.45. The van der Waals surface area contributed by atoms with Gasteiger partial charge in [-0.2, -0.15) is 5.06 Å². The summed E-state index contributed by atoms with van der Waals surface area (Å²) in [6.07, 6.45) is 0.975. The average molecular weight is 673 g/mol. The summed E-state index contributed by atoms with van der Waals surface area (Å²) in [6, 6.07) is 5.00. The summed E-state index contributed by atoms with van der Waals surface area (Å²) >= 11 is 2.11. The third-order valence-electron chi connectivity index (χ3n) is 10.7. The van der Waals surface area contributed by atoms with Crippen molar-refractivity contribution in [3.05, 3.63) is 27.3 Å². The number of aromatic hydroxyl groups is 1. The van der Waals surface area contributed by atoms with Gasteiger partial charge in [0.2, 0.25) is 5.91 Å². The fourth-order valence-electron chi connectivity index (χ4n) is 6.83. The lowest BCUT2D eigenvalue weighted by Crippen LogP contribution is -2.62. The van der Waals surface area contributed by atoms with Gasteiger partial charge in [-0.25, -0.2) is 0 Å². The van der Waals surface area contributed by atoms with E-state index in [0.29, 0.717) is 35.3 Å². The Morgan fingerprint density at radius 2 is 1.97 bits per heavy atom. The monoisotopic (exact) mass is 672 g/mol. The molecule has 7 nitrogen and oxygen atoms in total. The first-order valence-electron chi connectivity index (χ1n) is 14.5. The van der Waals surface area contributed by atoms with Crippen molar-refractivity contribution in [2.75, 3.05) is 6.61 Å². The average Bonchev–Trinajstić information content (AvgIpc) is 3.19. The van der Waals surface area contributed by atoms with Gasteiger partial charge in [-0.3, -0.25) is 9.63 Å². The normalized spacial score (nSPS) is 33.5. The van der Waals surface area contributed by atoms with E-state index in [9.17, 15) is 15.0 Å². The van der Waals surface area contributed by atoms with Crippen molar-refractivity contribution in [3.8, 4) is 5.75 Å². The standard InChI is InChI=1S/C30H49IN2O5Si/c1-17-21-13-20(30(21,6)7)14-23(17)32-28(36)26-25(18(2)34)24(16-37-39(8,9)29(3,4)5)38-33(26)15-19-11-10-12-22(31)27(19)35/h10-12,17-18,20-21,23-26,34-35H,13-16H2,1-9H3,(H,32,36)/t17-,18-,20?,21+,23?,24-,25+,26-/m0/s1. The van der Waals surface area contributed by atoms with E-state index in [1.54, 1.807) is 12.0 Å². The number of aliphatic hydroxyl groups is 1. The number of fused-ring (bicyclic) bond motifs is 2. The van der Waals surface area contributed by atoms with Crippen molar-refractivity contribution in [1.29, 1.82) is 0 Å². The summed E-state index contributed by atoms with van der Waals surface area (Å²) in [4.78, 5) is 20.5. The fraction of sp³-hybridized carbons (Fsp3) is 0.767. The van der Waals surface area contributed by atoms with Crippen LogP contribution in [-0.4, -0.2) is 60.4 Å². The molecule has 3 aliphatic carbocycles. The molecule has 2 bridgehead atoms. The van der Waals surface area contributed by atoms with Crippen molar-refractivity contribution in [3.63, 3.8) is 0 Å². The van der Waals surface area contributed by atoms with E-state index in [2.05, 4.69) is 82.5 Å². The third-order valence-corrected chi connectivity index (χ3v) is 16.1. The molecule has 0 spiro atoms. The Labute approximate surface area is 249 Å². The number of phenols is 1. The van der Waals surface area contributed by atoms with Crippen molar-refractivity contribution in [1.82, 2.24) is 10.4 Å². The minimum absolute atomic E-state index is 0.0284. The van der Waals surface area contributed by atoms with Gasteiger partial charge in [-0.15, -0.1) is 0 Å². The number of carbonyl (C=O) groups is 1. The highest BCUT2D eigenvalue weighted by Crippen LogP contribution is 2.61. The summed E-state index contributed by atoms with van der Waals surface area (Å²) in [5.74, 6) is 1.24. The van der Waals surface area contributed by atoms with E-state index in [1.165, 1.54) is 6.42 Å². The molecule has 9 heteroatoms. The van der Waals surface area contributed by atoms with E-state index in [4.69, 9.17) is 9.26 Å². The molecule has 1 aromatic rings. The van der Waals surface area contributed by atoms with Gasteiger partial charge in [-0.1, -0.05) is 53.7 Å². The van der Waals surface area contributed by atoms with Crippen LogP contribution in [0.3, 0.4) is 0 Å². The van der Waals surface area contributed by atoms with Crippen molar-refractivity contribution >= 4 is 36.8 Å². The molecular weight excluding hydrogens is 623 g/mol. The van der Waals surface area contributed by atoms with Gasteiger partial charge in [0.1, 0.15) is 17.9 Å². The molecule has 0 radical (unpaired) electrons. The molecule has 1 aromatic carbocycles. The number of nitrogens with one attached hydrogen (secondary N) is 1. The highest BCUT2D eigenvalue weighted by atomic mass is 127. The molecule has 1 aliphatic heterocycles. The summed E-state index contributed by atoms with van der Waals surface area (Å²) in [5, 5.41) is 26.8. The minimum atomic E-state index is -2.08. The number of carbonyl (C=O) groups excluding carboxylic acids is 1. The Morgan fingerprint density at radius 1 is 1.31 bits per heavy atom. The number of nitrogens with zero attached hydrogens (tertiary/aromatic N) is 1. The number of phenolic OH excluding ortho intramolecular Hbond substituents is 1. The molecule has 4 aliphatic rings. The van der Waals surface area contributed by atoms with Crippen LogP contribution in [0.25, 0.3) is 0 Å². The van der Waals surface area contributed by atoms with E-state index < -0.39 is 32.5 Å². The Hall–Kier alpha value is -0.723. The summed E-state index contributed by atoms with van der Waals surface area (Å²) in [6.45, 7) is 20.2. The molecule has 3 N–H and O–H groups in total. The smallest absolute Gasteiger partial charge is 0.240 e. The van der Waals surface area contributed by atoms with E-state index in [-0.39, 0.29) is 29.3 Å². The Balaban J connectivity index is 1.59. The van der Waals surface area contributed by atoms with Crippen molar-refractivity contribution < 1.29 is 24.3 Å². The summed E-state index contributed by atoms with van der Waals surface area (Å²) in [7, 11) is -2.08. The van der Waals surface area contributed by atoms with E-state index in [1.807, 2.05) is 18.2 Å². The largest absolute Gasteiger partial charge is 0.507 e.